The smallest absolute Gasteiger partial charge is 0.360 e. The molecule has 0 spiro atoms. The predicted molar refractivity (Wildman–Crippen MR) is 67.2 cm³/mol. The molecule has 0 aliphatic rings. The topological polar surface area (TPSA) is 92.3 Å². The van der Waals surface area contributed by atoms with Crippen molar-refractivity contribution in [3.05, 3.63) is 28.4 Å². The van der Waals surface area contributed by atoms with Crippen LogP contribution in [0.3, 0.4) is 0 Å². The molecule has 0 aromatic carbocycles. The summed E-state index contributed by atoms with van der Waals surface area (Å²) in [7, 11) is 2.83. The highest BCUT2D eigenvalue weighted by Gasteiger charge is 2.21. The minimum atomic E-state index is -0.540. The fourth-order valence-corrected chi connectivity index (χ4v) is 1.87. The highest BCUT2D eigenvalue weighted by molar-refractivity contribution is 5.88. The summed E-state index contributed by atoms with van der Waals surface area (Å²) in [4.78, 5) is 11.6. The molecule has 0 unspecified atom stereocenters. The molecule has 0 atom stereocenters. The maximum Gasteiger partial charge on any atom is 0.360 e. The van der Waals surface area contributed by atoms with Crippen molar-refractivity contribution in [2.45, 2.75) is 27.0 Å². The number of ether oxygens (including phenoxy) is 2. The van der Waals surface area contributed by atoms with Crippen LogP contribution in [0, 0.1) is 13.8 Å². The Labute approximate surface area is 115 Å². The van der Waals surface area contributed by atoms with Gasteiger partial charge < -0.3 is 14.0 Å². The van der Waals surface area contributed by atoms with E-state index in [1.807, 2.05) is 13.8 Å². The average molecular weight is 280 g/mol. The van der Waals surface area contributed by atoms with Gasteiger partial charge in [-0.15, -0.1) is 5.10 Å². The van der Waals surface area contributed by atoms with Gasteiger partial charge in [0.05, 0.1) is 31.6 Å². The van der Waals surface area contributed by atoms with Crippen molar-refractivity contribution in [2.24, 2.45) is 0 Å². The van der Waals surface area contributed by atoms with Gasteiger partial charge in [-0.1, -0.05) is 10.4 Å². The fourth-order valence-electron chi connectivity index (χ4n) is 1.87. The number of nitrogens with zero attached hydrogens (tertiary/aromatic N) is 4. The number of methoxy groups -OCH3 is 2. The van der Waals surface area contributed by atoms with Crippen LogP contribution in [0.1, 0.15) is 33.2 Å². The fraction of sp³-hybridized carbons (Fsp3) is 0.500. The molecule has 108 valence electrons. The zero-order valence-electron chi connectivity index (χ0n) is 11.8. The minimum absolute atomic E-state index is 0.154. The van der Waals surface area contributed by atoms with E-state index in [0.29, 0.717) is 18.0 Å². The first-order valence-electron chi connectivity index (χ1n) is 5.99. The zero-order valence-corrected chi connectivity index (χ0v) is 11.8. The summed E-state index contributed by atoms with van der Waals surface area (Å²) in [6, 6.07) is 0. The first-order chi connectivity index (χ1) is 9.58. The van der Waals surface area contributed by atoms with E-state index in [0.717, 1.165) is 11.3 Å². The van der Waals surface area contributed by atoms with Crippen molar-refractivity contribution in [2.75, 3.05) is 14.2 Å². The lowest BCUT2D eigenvalue weighted by molar-refractivity contribution is 0.0588. The highest BCUT2D eigenvalue weighted by atomic mass is 16.5. The number of hydrogen-bond acceptors (Lipinski definition) is 7. The van der Waals surface area contributed by atoms with E-state index in [1.165, 1.54) is 14.2 Å². The van der Waals surface area contributed by atoms with E-state index in [4.69, 9.17) is 9.26 Å². The van der Waals surface area contributed by atoms with Gasteiger partial charge in [0.2, 0.25) is 0 Å². The minimum Gasteiger partial charge on any atom is -0.464 e. The van der Waals surface area contributed by atoms with Crippen molar-refractivity contribution in [3.63, 3.8) is 0 Å². The lowest BCUT2D eigenvalue weighted by atomic mass is 10.2. The normalized spacial score (nSPS) is 10.8. The number of hydrogen-bond donors (Lipinski definition) is 0. The van der Waals surface area contributed by atoms with Crippen molar-refractivity contribution >= 4 is 5.97 Å². The largest absolute Gasteiger partial charge is 0.464 e. The molecule has 0 saturated carbocycles. The van der Waals surface area contributed by atoms with Gasteiger partial charge in [-0.2, -0.15) is 0 Å². The summed E-state index contributed by atoms with van der Waals surface area (Å²) in [6.07, 6.45) is 0. The highest BCUT2D eigenvalue weighted by Crippen LogP contribution is 2.16. The van der Waals surface area contributed by atoms with Crippen LogP contribution in [0.15, 0.2) is 4.52 Å². The maximum atomic E-state index is 11.6. The standard InChI is InChI=1S/C12H16N4O4/c1-7-9(8(2)20-14-7)5-16-10(6-18-3)11(13-15-16)12(17)19-4/h5-6H2,1-4H3. The summed E-state index contributed by atoms with van der Waals surface area (Å²) in [5, 5.41) is 11.7. The Hall–Kier alpha value is -2.22. The number of aromatic nitrogens is 4. The van der Waals surface area contributed by atoms with Gasteiger partial charge >= 0.3 is 5.97 Å². The molecular formula is C12H16N4O4. The zero-order chi connectivity index (χ0) is 14.7. The van der Waals surface area contributed by atoms with Crippen LogP contribution in [0.4, 0.5) is 0 Å². The van der Waals surface area contributed by atoms with E-state index < -0.39 is 5.97 Å². The predicted octanol–water partition coefficient (Wildman–Crippen LogP) is 0.864. The molecule has 0 saturated heterocycles. The number of rotatable bonds is 5. The molecule has 2 aromatic rings. The summed E-state index contributed by atoms with van der Waals surface area (Å²) in [6.45, 7) is 4.29. The molecule has 2 aromatic heterocycles. The third kappa shape index (κ3) is 2.55. The summed E-state index contributed by atoms with van der Waals surface area (Å²) >= 11 is 0. The molecule has 0 amide bonds. The molecule has 0 bridgehead atoms. The number of aryl methyl sites for hydroxylation is 2. The maximum absolute atomic E-state index is 11.6. The van der Waals surface area contributed by atoms with E-state index >= 15 is 0 Å². The molecule has 0 aliphatic carbocycles. The van der Waals surface area contributed by atoms with Crippen LogP contribution in [0.5, 0.6) is 0 Å². The molecule has 8 heteroatoms. The van der Waals surface area contributed by atoms with E-state index in [-0.39, 0.29) is 12.3 Å². The Morgan fingerprint density at radius 1 is 1.35 bits per heavy atom. The van der Waals surface area contributed by atoms with Crippen molar-refractivity contribution in [3.8, 4) is 0 Å². The quantitative estimate of drug-likeness (QED) is 0.750. The van der Waals surface area contributed by atoms with Crippen LogP contribution in [-0.2, 0) is 22.6 Å². The van der Waals surface area contributed by atoms with Gasteiger partial charge in [0.1, 0.15) is 5.76 Å². The van der Waals surface area contributed by atoms with Crippen LogP contribution < -0.4 is 0 Å². The molecule has 0 fully saturated rings. The van der Waals surface area contributed by atoms with Crippen LogP contribution >= 0.6 is 0 Å². The Morgan fingerprint density at radius 2 is 2.10 bits per heavy atom. The summed E-state index contributed by atoms with van der Waals surface area (Å²) in [5.74, 6) is 0.169. The Bertz CT molecular complexity index is 598. The van der Waals surface area contributed by atoms with Crippen molar-refractivity contribution < 1.29 is 18.8 Å². The molecule has 2 rings (SSSR count). The average Bonchev–Trinajstić information content (AvgIpc) is 2.97. The molecule has 0 aliphatic heterocycles. The van der Waals surface area contributed by atoms with Crippen molar-refractivity contribution in [1.82, 2.24) is 20.2 Å². The number of esters is 1. The van der Waals surface area contributed by atoms with Gasteiger partial charge in [0.15, 0.2) is 5.69 Å². The van der Waals surface area contributed by atoms with Crippen LogP contribution in [0.2, 0.25) is 0 Å². The van der Waals surface area contributed by atoms with Crippen LogP contribution in [0.25, 0.3) is 0 Å². The molecule has 20 heavy (non-hydrogen) atoms. The molecular weight excluding hydrogens is 264 g/mol. The Balaban J connectivity index is 2.37. The third-order valence-corrected chi connectivity index (χ3v) is 2.99. The second kappa shape index (κ2) is 5.83. The van der Waals surface area contributed by atoms with Gasteiger partial charge in [-0.3, -0.25) is 0 Å². The van der Waals surface area contributed by atoms with Gasteiger partial charge in [0, 0.05) is 12.7 Å². The second-order valence-electron chi connectivity index (χ2n) is 4.27. The lowest BCUT2D eigenvalue weighted by Crippen LogP contribution is -2.12. The monoisotopic (exact) mass is 280 g/mol. The molecule has 0 radical (unpaired) electrons. The molecule has 0 N–H and O–H groups in total. The summed E-state index contributed by atoms with van der Waals surface area (Å²) < 4.78 is 16.5. The second-order valence-corrected chi connectivity index (χ2v) is 4.27. The van der Waals surface area contributed by atoms with Gasteiger partial charge in [-0.05, 0) is 13.8 Å². The van der Waals surface area contributed by atoms with Gasteiger partial charge in [-0.25, -0.2) is 9.48 Å². The van der Waals surface area contributed by atoms with E-state index in [9.17, 15) is 4.79 Å². The SMILES string of the molecule is COCc1c(C(=O)OC)nnn1Cc1c(C)noc1C. The lowest BCUT2D eigenvalue weighted by Gasteiger charge is -2.06. The number of carbonyl (C=O) groups is 1. The first-order valence-corrected chi connectivity index (χ1v) is 5.99. The summed E-state index contributed by atoms with van der Waals surface area (Å²) in [5.41, 5.74) is 2.39. The first kappa shape index (κ1) is 14.2. The molecule has 8 nitrogen and oxygen atoms in total. The third-order valence-electron chi connectivity index (χ3n) is 2.99. The van der Waals surface area contributed by atoms with Crippen LogP contribution in [-0.4, -0.2) is 40.3 Å². The van der Waals surface area contributed by atoms with Crippen molar-refractivity contribution in [1.29, 1.82) is 0 Å². The molecule has 2 heterocycles. The van der Waals surface area contributed by atoms with Gasteiger partial charge in [0.25, 0.3) is 0 Å². The van der Waals surface area contributed by atoms with E-state index in [2.05, 4.69) is 20.2 Å². The van der Waals surface area contributed by atoms with E-state index in [1.54, 1.807) is 4.68 Å². The number of carbonyl (C=O) groups excluding carboxylic acids is 1. The Morgan fingerprint density at radius 3 is 2.65 bits per heavy atom. The Kier molecular flexibility index (Phi) is 4.14.